The van der Waals surface area contributed by atoms with E-state index < -0.39 is 0 Å². The van der Waals surface area contributed by atoms with Crippen LogP contribution >= 0.6 is 11.6 Å². The molecule has 0 saturated carbocycles. The molecule has 1 heteroatoms. The first-order valence-corrected chi connectivity index (χ1v) is 6.43. The second-order valence-corrected chi connectivity index (χ2v) is 4.74. The van der Waals surface area contributed by atoms with Crippen molar-refractivity contribution < 1.29 is 0 Å². The van der Waals surface area contributed by atoms with Crippen molar-refractivity contribution in [2.24, 2.45) is 0 Å². The smallest absolute Gasteiger partial charge is 0.0438 e. The van der Waals surface area contributed by atoms with Crippen molar-refractivity contribution >= 4 is 11.6 Å². The second kappa shape index (κ2) is 6.10. The topological polar surface area (TPSA) is 0 Å². The molecule has 1 unspecified atom stereocenters. The molecule has 0 spiro atoms. The lowest BCUT2D eigenvalue weighted by Gasteiger charge is -2.15. The standard InChI is InChI=1S/C15H21Cl/c1-5-7-14-10-13(8-9-15(14)16)12(4)11(3)6-2/h8-10,12H,3,5-7H2,1-2,4H3. The van der Waals surface area contributed by atoms with Crippen LogP contribution in [-0.4, -0.2) is 0 Å². The Morgan fingerprint density at radius 1 is 1.38 bits per heavy atom. The number of rotatable bonds is 5. The van der Waals surface area contributed by atoms with Crippen LogP contribution in [0.4, 0.5) is 0 Å². The molecule has 0 aliphatic rings. The van der Waals surface area contributed by atoms with E-state index in [0.29, 0.717) is 5.92 Å². The van der Waals surface area contributed by atoms with Crippen molar-refractivity contribution in [2.45, 2.75) is 46.0 Å². The van der Waals surface area contributed by atoms with Gasteiger partial charge in [-0.2, -0.15) is 0 Å². The van der Waals surface area contributed by atoms with Crippen LogP contribution < -0.4 is 0 Å². The fourth-order valence-corrected chi connectivity index (χ4v) is 2.08. The summed E-state index contributed by atoms with van der Waals surface area (Å²) in [6.45, 7) is 10.7. The van der Waals surface area contributed by atoms with Crippen molar-refractivity contribution in [2.75, 3.05) is 0 Å². The first-order chi connectivity index (χ1) is 7.60. The number of hydrogen-bond acceptors (Lipinski definition) is 0. The molecule has 88 valence electrons. The van der Waals surface area contributed by atoms with Gasteiger partial charge in [0, 0.05) is 10.9 Å². The average molecular weight is 237 g/mol. The normalized spacial score (nSPS) is 12.5. The molecule has 1 atom stereocenters. The molecule has 0 nitrogen and oxygen atoms in total. The Hall–Kier alpha value is -0.750. The third-order valence-electron chi connectivity index (χ3n) is 3.16. The van der Waals surface area contributed by atoms with Gasteiger partial charge in [-0.15, -0.1) is 0 Å². The minimum Gasteiger partial charge on any atom is -0.0993 e. The quantitative estimate of drug-likeness (QED) is 0.604. The van der Waals surface area contributed by atoms with Crippen LogP contribution in [-0.2, 0) is 6.42 Å². The Bertz CT molecular complexity index is 366. The molecular weight excluding hydrogens is 216 g/mol. The average Bonchev–Trinajstić information content (AvgIpc) is 2.30. The number of allylic oxidation sites excluding steroid dienone is 1. The molecule has 0 aliphatic heterocycles. The zero-order valence-electron chi connectivity index (χ0n) is 10.5. The summed E-state index contributed by atoms with van der Waals surface area (Å²) >= 11 is 6.17. The van der Waals surface area contributed by atoms with E-state index in [0.717, 1.165) is 24.3 Å². The van der Waals surface area contributed by atoms with Gasteiger partial charge in [-0.1, -0.05) is 63.1 Å². The van der Waals surface area contributed by atoms with Crippen LogP contribution in [0.5, 0.6) is 0 Å². The Morgan fingerprint density at radius 3 is 2.62 bits per heavy atom. The molecule has 0 amide bonds. The lowest BCUT2D eigenvalue weighted by molar-refractivity contribution is 0.836. The van der Waals surface area contributed by atoms with Crippen LogP contribution in [0, 0.1) is 0 Å². The van der Waals surface area contributed by atoms with E-state index in [1.807, 2.05) is 6.07 Å². The molecule has 0 saturated heterocycles. The molecule has 1 aromatic rings. The highest BCUT2D eigenvalue weighted by molar-refractivity contribution is 6.31. The van der Waals surface area contributed by atoms with Crippen LogP contribution in [0.25, 0.3) is 0 Å². The van der Waals surface area contributed by atoms with Gasteiger partial charge in [-0.3, -0.25) is 0 Å². The Kier molecular flexibility index (Phi) is 5.08. The molecule has 0 fully saturated rings. The van der Waals surface area contributed by atoms with Crippen molar-refractivity contribution in [3.05, 3.63) is 46.5 Å². The third kappa shape index (κ3) is 3.12. The van der Waals surface area contributed by atoms with Crippen LogP contribution in [0.2, 0.25) is 5.02 Å². The van der Waals surface area contributed by atoms with Crippen LogP contribution in [0.1, 0.15) is 50.7 Å². The Balaban J connectivity index is 2.97. The molecule has 0 aliphatic carbocycles. The lowest BCUT2D eigenvalue weighted by Crippen LogP contribution is -1.98. The number of halogens is 1. The van der Waals surface area contributed by atoms with E-state index in [1.165, 1.54) is 16.7 Å². The zero-order valence-corrected chi connectivity index (χ0v) is 11.3. The predicted octanol–water partition coefficient (Wildman–Crippen LogP) is 5.36. The molecule has 0 N–H and O–H groups in total. The molecule has 0 radical (unpaired) electrons. The van der Waals surface area contributed by atoms with Gasteiger partial charge in [0.05, 0.1) is 0 Å². The minimum absolute atomic E-state index is 0.429. The number of aryl methyl sites for hydroxylation is 1. The van der Waals surface area contributed by atoms with E-state index in [9.17, 15) is 0 Å². The number of hydrogen-bond donors (Lipinski definition) is 0. The van der Waals surface area contributed by atoms with E-state index in [-0.39, 0.29) is 0 Å². The maximum Gasteiger partial charge on any atom is 0.0438 e. The molecular formula is C15H21Cl. The summed E-state index contributed by atoms with van der Waals surface area (Å²) in [6, 6.07) is 6.37. The second-order valence-electron chi connectivity index (χ2n) is 4.33. The first-order valence-electron chi connectivity index (χ1n) is 6.06. The van der Waals surface area contributed by atoms with Gasteiger partial charge in [0.25, 0.3) is 0 Å². The summed E-state index contributed by atoms with van der Waals surface area (Å²) in [5.41, 5.74) is 3.88. The summed E-state index contributed by atoms with van der Waals surface area (Å²) in [4.78, 5) is 0. The maximum atomic E-state index is 6.17. The molecule has 0 bridgehead atoms. The predicted molar refractivity (Wildman–Crippen MR) is 73.3 cm³/mol. The highest BCUT2D eigenvalue weighted by atomic mass is 35.5. The fraction of sp³-hybridized carbons (Fsp3) is 0.467. The third-order valence-corrected chi connectivity index (χ3v) is 3.52. The largest absolute Gasteiger partial charge is 0.0993 e. The van der Waals surface area contributed by atoms with Gasteiger partial charge in [-0.05, 0) is 30.0 Å². The van der Waals surface area contributed by atoms with Crippen molar-refractivity contribution in [3.8, 4) is 0 Å². The first kappa shape index (κ1) is 13.3. The lowest BCUT2D eigenvalue weighted by atomic mass is 9.91. The minimum atomic E-state index is 0.429. The SMILES string of the molecule is C=C(CC)C(C)c1ccc(Cl)c(CCC)c1. The zero-order chi connectivity index (χ0) is 12.1. The van der Waals surface area contributed by atoms with Gasteiger partial charge < -0.3 is 0 Å². The summed E-state index contributed by atoms with van der Waals surface area (Å²) in [5.74, 6) is 0.429. The number of benzene rings is 1. The van der Waals surface area contributed by atoms with Gasteiger partial charge in [0.15, 0.2) is 0 Å². The highest BCUT2D eigenvalue weighted by Gasteiger charge is 2.10. The van der Waals surface area contributed by atoms with E-state index in [2.05, 4.69) is 39.5 Å². The van der Waals surface area contributed by atoms with Crippen molar-refractivity contribution in [1.82, 2.24) is 0 Å². The Labute approximate surface area is 104 Å². The van der Waals surface area contributed by atoms with E-state index in [1.54, 1.807) is 0 Å². The van der Waals surface area contributed by atoms with Gasteiger partial charge >= 0.3 is 0 Å². The van der Waals surface area contributed by atoms with Gasteiger partial charge in [0.1, 0.15) is 0 Å². The summed E-state index contributed by atoms with van der Waals surface area (Å²) in [6.07, 6.45) is 3.22. The van der Waals surface area contributed by atoms with E-state index >= 15 is 0 Å². The van der Waals surface area contributed by atoms with Crippen molar-refractivity contribution in [1.29, 1.82) is 0 Å². The monoisotopic (exact) mass is 236 g/mol. The van der Waals surface area contributed by atoms with Crippen LogP contribution in [0.3, 0.4) is 0 Å². The van der Waals surface area contributed by atoms with E-state index in [4.69, 9.17) is 11.6 Å². The van der Waals surface area contributed by atoms with Gasteiger partial charge in [0.2, 0.25) is 0 Å². The molecule has 16 heavy (non-hydrogen) atoms. The molecule has 0 heterocycles. The fourth-order valence-electron chi connectivity index (χ4n) is 1.87. The summed E-state index contributed by atoms with van der Waals surface area (Å²) < 4.78 is 0. The molecule has 1 aromatic carbocycles. The Morgan fingerprint density at radius 2 is 2.06 bits per heavy atom. The van der Waals surface area contributed by atoms with Gasteiger partial charge in [-0.25, -0.2) is 0 Å². The van der Waals surface area contributed by atoms with Crippen molar-refractivity contribution in [3.63, 3.8) is 0 Å². The summed E-state index contributed by atoms with van der Waals surface area (Å²) in [7, 11) is 0. The van der Waals surface area contributed by atoms with Crippen LogP contribution in [0.15, 0.2) is 30.4 Å². The molecule has 0 aromatic heterocycles. The maximum absolute atomic E-state index is 6.17. The highest BCUT2D eigenvalue weighted by Crippen LogP contribution is 2.28. The molecule has 1 rings (SSSR count). The summed E-state index contributed by atoms with van der Waals surface area (Å²) in [5, 5.41) is 0.889.